The summed E-state index contributed by atoms with van der Waals surface area (Å²) in [6.07, 6.45) is 67.9. The Balaban J connectivity index is 2.29. The van der Waals surface area contributed by atoms with Crippen molar-refractivity contribution in [1.29, 1.82) is 0 Å². The van der Waals surface area contributed by atoms with Gasteiger partial charge in [0.15, 0.2) is 6.29 Å². The van der Waals surface area contributed by atoms with E-state index in [1.54, 1.807) is 6.08 Å². The minimum absolute atomic E-state index is 0.215. The number of hydrogen-bond donors (Lipinski definition) is 6. The molecule has 1 rings (SSSR count). The molecule has 1 fully saturated rings. The van der Waals surface area contributed by atoms with Gasteiger partial charge in [0.05, 0.1) is 25.4 Å². The van der Waals surface area contributed by atoms with Gasteiger partial charge in [0.2, 0.25) is 5.91 Å². The first-order valence-electron chi connectivity index (χ1n) is 27.4. The second-order valence-electron chi connectivity index (χ2n) is 18.3. The molecule has 0 aromatic carbocycles. The molecule has 0 spiro atoms. The second-order valence-corrected chi connectivity index (χ2v) is 18.3. The number of rotatable bonds is 44. The standard InChI is InChI=1S/C61H99NO8/c1-3-5-7-9-11-13-15-17-19-20-21-22-23-24-25-26-27-28-29-30-31-32-33-34-35-36-37-39-41-43-45-47-49-51-57(65)62-54(53-69-61-60(68)59(67)58(66)56(52-63)70-61)55(64)50-48-46-44-42-40-38-18-16-14-12-10-8-6-4-2/h5,7,11,13,17,19,21-22,24-25,27-28,30-31,33-34,36-37,41,43,48,50,54-56,58-61,63-64,66-68H,3-4,6,8-10,12,14-16,18,20,23,26,29,32,35,38-40,42,44-47,49,51-53H2,1-2H3,(H,62,65)/b7-5-,13-11-,19-17-,22-21-,25-24-,28-27-,31-30-,34-33-,37-36-,43-41-,50-48+. The van der Waals surface area contributed by atoms with E-state index in [-0.39, 0.29) is 18.9 Å². The van der Waals surface area contributed by atoms with Crippen molar-refractivity contribution in [2.45, 2.75) is 230 Å². The van der Waals surface area contributed by atoms with Crippen LogP contribution in [0.2, 0.25) is 0 Å². The Morgan fingerprint density at radius 3 is 1.31 bits per heavy atom. The smallest absolute Gasteiger partial charge is 0.220 e. The summed E-state index contributed by atoms with van der Waals surface area (Å²) < 4.78 is 11.2. The van der Waals surface area contributed by atoms with Crippen molar-refractivity contribution < 1.29 is 39.8 Å². The quantitative estimate of drug-likeness (QED) is 0.0261. The molecule has 1 aliphatic heterocycles. The molecule has 0 aliphatic carbocycles. The van der Waals surface area contributed by atoms with Crippen molar-refractivity contribution in [1.82, 2.24) is 5.32 Å². The number of aliphatic hydroxyl groups is 5. The zero-order valence-corrected chi connectivity index (χ0v) is 43.7. The van der Waals surface area contributed by atoms with Crippen LogP contribution >= 0.6 is 0 Å². The molecule has 1 aliphatic rings. The highest BCUT2D eigenvalue weighted by Gasteiger charge is 2.44. The van der Waals surface area contributed by atoms with Gasteiger partial charge < -0.3 is 40.3 Å². The molecule has 1 saturated heterocycles. The maximum absolute atomic E-state index is 13.0. The number of nitrogens with one attached hydrogen (secondary N) is 1. The predicted octanol–water partition coefficient (Wildman–Crippen LogP) is 13.3. The highest BCUT2D eigenvalue weighted by molar-refractivity contribution is 5.76. The summed E-state index contributed by atoms with van der Waals surface area (Å²) in [5.74, 6) is -0.226. The van der Waals surface area contributed by atoms with E-state index in [2.05, 4.69) is 141 Å². The maximum atomic E-state index is 13.0. The number of hydrogen-bond acceptors (Lipinski definition) is 8. The summed E-state index contributed by atoms with van der Waals surface area (Å²) in [5.41, 5.74) is 0. The third-order valence-corrected chi connectivity index (χ3v) is 12.0. The third-order valence-electron chi connectivity index (χ3n) is 12.0. The molecule has 1 heterocycles. The molecule has 1 amide bonds. The van der Waals surface area contributed by atoms with Crippen LogP contribution in [0.15, 0.2) is 134 Å². The number of allylic oxidation sites excluding steroid dienone is 21. The lowest BCUT2D eigenvalue weighted by Gasteiger charge is -2.40. The van der Waals surface area contributed by atoms with Crippen LogP contribution in [-0.2, 0) is 14.3 Å². The van der Waals surface area contributed by atoms with Crippen molar-refractivity contribution in [3.8, 4) is 0 Å². The third kappa shape index (κ3) is 38.1. The lowest BCUT2D eigenvalue weighted by Crippen LogP contribution is -2.60. The van der Waals surface area contributed by atoms with Crippen LogP contribution in [0.5, 0.6) is 0 Å². The molecule has 9 heteroatoms. The molecule has 0 aromatic rings. The zero-order chi connectivity index (χ0) is 50.8. The van der Waals surface area contributed by atoms with Gasteiger partial charge in [-0.3, -0.25) is 4.79 Å². The number of unbranched alkanes of at least 4 members (excludes halogenated alkanes) is 14. The average molecular weight is 974 g/mol. The molecule has 6 N–H and O–H groups in total. The van der Waals surface area contributed by atoms with Crippen LogP contribution in [0, 0.1) is 0 Å². The maximum Gasteiger partial charge on any atom is 0.220 e. The lowest BCUT2D eigenvalue weighted by molar-refractivity contribution is -0.302. The van der Waals surface area contributed by atoms with Gasteiger partial charge in [0.1, 0.15) is 24.4 Å². The zero-order valence-electron chi connectivity index (χ0n) is 43.7. The summed E-state index contributed by atoms with van der Waals surface area (Å²) >= 11 is 0. The van der Waals surface area contributed by atoms with Gasteiger partial charge in [-0.25, -0.2) is 0 Å². The number of amides is 1. The monoisotopic (exact) mass is 974 g/mol. The summed E-state index contributed by atoms with van der Waals surface area (Å²) in [6.45, 7) is 3.61. The molecular formula is C61H99NO8. The molecule has 0 saturated carbocycles. The fraction of sp³-hybridized carbons (Fsp3) is 0.623. The summed E-state index contributed by atoms with van der Waals surface area (Å²) in [6, 6.07) is -0.838. The van der Waals surface area contributed by atoms with E-state index >= 15 is 0 Å². The van der Waals surface area contributed by atoms with E-state index in [1.165, 1.54) is 64.2 Å². The number of carbonyl (C=O) groups is 1. The second kappa shape index (κ2) is 48.9. The van der Waals surface area contributed by atoms with Crippen LogP contribution < -0.4 is 5.32 Å². The van der Waals surface area contributed by atoms with Crippen molar-refractivity contribution in [3.05, 3.63) is 134 Å². The first-order chi connectivity index (χ1) is 34.3. The predicted molar refractivity (Wildman–Crippen MR) is 294 cm³/mol. The fourth-order valence-electron chi connectivity index (χ4n) is 7.65. The summed E-state index contributed by atoms with van der Waals surface area (Å²) in [4.78, 5) is 13.0. The van der Waals surface area contributed by atoms with Gasteiger partial charge in [-0.15, -0.1) is 0 Å². The Morgan fingerprint density at radius 2 is 0.886 bits per heavy atom. The fourth-order valence-corrected chi connectivity index (χ4v) is 7.65. The number of ether oxygens (including phenoxy) is 2. The molecular weight excluding hydrogens is 875 g/mol. The molecule has 0 aromatic heterocycles. The highest BCUT2D eigenvalue weighted by atomic mass is 16.7. The van der Waals surface area contributed by atoms with Gasteiger partial charge in [-0.2, -0.15) is 0 Å². The first-order valence-corrected chi connectivity index (χ1v) is 27.4. The van der Waals surface area contributed by atoms with Gasteiger partial charge >= 0.3 is 0 Å². The van der Waals surface area contributed by atoms with Gasteiger partial charge in [-0.05, 0) is 96.3 Å². The first kappa shape index (κ1) is 64.3. The largest absolute Gasteiger partial charge is 0.394 e. The number of aliphatic hydroxyl groups excluding tert-OH is 5. The van der Waals surface area contributed by atoms with E-state index in [0.717, 1.165) is 96.3 Å². The summed E-state index contributed by atoms with van der Waals surface area (Å²) in [5, 5.41) is 54.3. The van der Waals surface area contributed by atoms with Crippen molar-refractivity contribution in [2.24, 2.45) is 0 Å². The van der Waals surface area contributed by atoms with E-state index < -0.39 is 49.5 Å². The topological polar surface area (TPSA) is 149 Å². The molecule has 0 bridgehead atoms. The SMILES string of the molecule is CC/C=C\C/C=C\C/C=C\C/C=C\C/C=C\C/C=C\C/C=C\C/C=C\C/C=C\C/C=C\CCCCC(=O)NC(COC1OC(CO)C(O)C(O)C1O)C(O)/C=C/CCCCCCCCCCCCCC. The Morgan fingerprint density at radius 1 is 0.500 bits per heavy atom. The molecule has 7 atom stereocenters. The highest BCUT2D eigenvalue weighted by Crippen LogP contribution is 2.22. The van der Waals surface area contributed by atoms with E-state index in [1.807, 2.05) is 6.08 Å². The van der Waals surface area contributed by atoms with Crippen molar-refractivity contribution >= 4 is 5.91 Å². The van der Waals surface area contributed by atoms with Crippen LogP contribution in [-0.4, -0.2) is 87.5 Å². The molecule has 396 valence electrons. The van der Waals surface area contributed by atoms with E-state index in [4.69, 9.17) is 9.47 Å². The minimum atomic E-state index is -1.58. The normalized spacial score (nSPS) is 20.5. The molecule has 70 heavy (non-hydrogen) atoms. The Labute approximate surface area is 426 Å². The lowest BCUT2D eigenvalue weighted by atomic mass is 9.99. The Bertz CT molecular complexity index is 1550. The molecule has 0 radical (unpaired) electrons. The van der Waals surface area contributed by atoms with E-state index in [0.29, 0.717) is 6.42 Å². The van der Waals surface area contributed by atoms with Crippen molar-refractivity contribution in [2.75, 3.05) is 13.2 Å². The van der Waals surface area contributed by atoms with Gasteiger partial charge in [-0.1, -0.05) is 218 Å². The minimum Gasteiger partial charge on any atom is -0.394 e. The van der Waals surface area contributed by atoms with Gasteiger partial charge in [0.25, 0.3) is 0 Å². The Kier molecular flexibility index (Phi) is 45.0. The molecule has 7 unspecified atom stereocenters. The van der Waals surface area contributed by atoms with Crippen molar-refractivity contribution in [3.63, 3.8) is 0 Å². The van der Waals surface area contributed by atoms with Crippen LogP contribution in [0.4, 0.5) is 0 Å². The number of carbonyl (C=O) groups excluding carboxylic acids is 1. The Hall–Kier alpha value is -3.67. The van der Waals surface area contributed by atoms with Crippen LogP contribution in [0.1, 0.15) is 187 Å². The van der Waals surface area contributed by atoms with E-state index in [9.17, 15) is 30.3 Å². The van der Waals surface area contributed by atoms with Gasteiger partial charge in [0, 0.05) is 6.42 Å². The molecule has 9 nitrogen and oxygen atoms in total. The van der Waals surface area contributed by atoms with Crippen LogP contribution in [0.25, 0.3) is 0 Å². The average Bonchev–Trinajstić information content (AvgIpc) is 3.36. The van der Waals surface area contributed by atoms with Crippen LogP contribution in [0.3, 0.4) is 0 Å². The summed E-state index contributed by atoms with van der Waals surface area (Å²) in [7, 11) is 0.